The van der Waals surface area contributed by atoms with Crippen LogP contribution in [0.2, 0.25) is 0 Å². The number of rotatable bonds is 3. The van der Waals surface area contributed by atoms with Crippen LogP contribution in [0.25, 0.3) is 11.6 Å². The Morgan fingerprint density at radius 1 is 1.38 bits per heavy atom. The summed E-state index contributed by atoms with van der Waals surface area (Å²) < 4.78 is 22.3. The lowest BCUT2D eigenvalue weighted by atomic mass is 10.1. The molecule has 108 valence electrons. The zero-order valence-electron chi connectivity index (χ0n) is 11.1. The van der Waals surface area contributed by atoms with Gasteiger partial charge < -0.3 is 4.90 Å². The van der Waals surface area contributed by atoms with Gasteiger partial charge in [-0.2, -0.15) is 0 Å². The summed E-state index contributed by atoms with van der Waals surface area (Å²) in [7, 11) is -2.67. The number of nitrogens with zero attached hydrogens (tertiary/aromatic N) is 2. The molecule has 0 unspecified atom stereocenters. The molecule has 0 saturated heterocycles. The zero-order valence-corrected chi connectivity index (χ0v) is 12.9. The molecule has 1 aliphatic rings. The average molecular weight is 320 g/mol. The molecule has 5 nitrogen and oxygen atoms in total. The van der Waals surface area contributed by atoms with Gasteiger partial charge in [-0.05, 0) is 31.2 Å². The van der Waals surface area contributed by atoms with E-state index in [1.165, 1.54) is 17.4 Å². The fourth-order valence-corrected chi connectivity index (χ4v) is 3.34. The molecule has 0 radical (unpaired) electrons. The third-order valence-corrected chi connectivity index (χ3v) is 4.71. The van der Waals surface area contributed by atoms with E-state index in [0.717, 1.165) is 10.7 Å². The molecule has 1 aliphatic heterocycles. The van der Waals surface area contributed by atoms with E-state index in [1.54, 1.807) is 29.3 Å². The van der Waals surface area contributed by atoms with Gasteiger partial charge in [0.2, 0.25) is 0 Å². The number of carbonyl (C=O) groups is 1. The number of thiol groups is 1. The summed E-state index contributed by atoms with van der Waals surface area (Å²) in [5.74, 6) is -0.124. The second-order valence-electron chi connectivity index (χ2n) is 4.44. The number of carbonyl (C=O) groups excluding carboxylic acids is 1. The number of likely N-dealkylation sites (N-methyl/N-ethyl adjacent to an activating group) is 1. The van der Waals surface area contributed by atoms with Gasteiger partial charge in [-0.3, -0.25) is 4.79 Å². The molecule has 0 N–H and O–H groups in total. The predicted molar refractivity (Wildman–Crippen MR) is 83.0 cm³/mol. The van der Waals surface area contributed by atoms with Crippen LogP contribution in [0.5, 0.6) is 0 Å². The third kappa shape index (κ3) is 2.38. The molecular weight excluding hydrogens is 308 g/mol. The van der Waals surface area contributed by atoms with Crippen molar-refractivity contribution in [2.75, 3.05) is 11.4 Å². The Hall–Kier alpha value is -1.99. The lowest BCUT2D eigenvalue weighted by Gasteiger charge is -2.13. The second kappa shape index (κ2) is 5.42. The van der Waals surface area contributed by atoms with Gasteiger partial charge in [0.25, 0.3) is 5.91 Å². The van der Waals surface area contributed by atoms with Crippen molar-refractivity contribution < 1.29 is 13.2 Å². The van der Waals surface area contributed by atoms with Crippen molar-refractivity contribution in [1.82, 2.24) is 4.98 Å². The van der Waals surface area contributed by atoms with E-state index in [-0.39, 0.29) is 10.8 Å². The Morgan fingerprint density at radius 3 is 2.81 bits per heavy atom. The first-order valence-corrected chi connectivity index (χ1v) is 8.39. The molecule has 0 fully saturated rings. The number of thiazole rings is 1. The lowest BCUT2D eigenvalue weighted by molar-refractivity contribution is -0.112. The molecule has 0 atom stereocenters. The van der Waals surface area contributed by atoms with Crippen LogP contribution in [0.15, 0.2) is 34.7 Å². The summed E-state index contributed by atoms with van der Waals surface area (Å²) in [5.41, 5.74) is 1.88. The summed E-state index contributed by atoms with van der Waals surface area (Å²) in [6.45, 7) is 2.42. The summed E-state index contributed by atoms with van der Waals surface area (Å²) in [4.78, 5) is 18.5. The van der Waals surface area contributed by atoms with Crippen molar-refractivity contribution in [3.8, 4) is 0 Å². The first-order chi connectivity index (χ1) is 10.1. The third-order valence-electron chi connectivity index (χ3n) is 3.28. The fraction of sp³-hybridized carbons (Fsp3) is 0.143. The van der Waals surface area contributed by atoms with Crippen molar-refractivity contribution in [3.63, 3.8) is 0 Å². The van der Waals surface area contributed by atoms with E-state index in [4.69, 9.17) is 0 Å². The maximum absolute atomic E-state index is 12.5. The van der Waals surface area contributed by atoms with Crippen LogP contribution in [0, 0.1) is 0 Å². The highest BCUT2D eigenvalue weighted by Gasteiger charge is 2.31. The number of fused-ring (bicyclic) bond motifs is 1. The Morgan fingerprint density at radius 2 is 2.19 bits per heavy atom. The summed E-state index contributed by atoms with van der Waals surface area (Å²) >= 11 is 1.43. The SMILES string of the molecule is CCN1C(=O)/C(=C/c2nccs2)c2cc([SH](=O)=O)ccc21. The van der Waals surface area contributed by atoms with Crippen molar-refractivity contribution in [1.29, 1.82) is 0 Å². The van der Waals surface area contributed by atoms with Crippen LogP contribution in [0.1, 0.15) is 17.5 Å². The zero-order chi connectivity index (χ0) is 15.0. The van der Waals surface area contributed by atoms with Gasteiger partial charge in [0.05, 0.1) is 16.2 Å². The minimum absolute atomic E-state index is 0.124. The smallest absolute Gasteiger partial charge is 0.259 e. The molecule has 2 aromatic rings. The summed E-state index contributed by atoms with van der Waals surface area (Å²) in [6.07, 6.45) is 3.38. The standard InChI is InChI=1S/C14H12N2O3S2/c1-2-16-12-4-3-9(21(18)19)7-10(12)11(14(16)17)8-13-15-5-6-20-13/h3-8,21H,2H2,1H3/b11-8+. The number of anilines is 1. The number of hydrogen-bond acceptors (Lipinski definition) is 5. The first kappa shape index (κ1) is 14.0. The van der Waals surface area contributed by atoms with Gasteiger partial charge in [0.15, 0.2) is 10.7 Å². The van der Waals surface area contributed by atoms with E-state index in [9.17, 15) is 13.2 Å². The molecule has 7 heteroatoms. The van der Waals surface area contributed by atoms with E-state index in [2.05, 4.69) is 4.98 Å². The fourth-order valence-electron chi connectivity index (χ4n) is 2.34. The van der Waals surface area contributed by atoms with Gasteiger partial charge in [-0.15, -0.1) is 11.3 Å². The van der Waals surface area contributed by atoms with E-state index < -0.39 is 10.7 Å². The minimum Gasteiger partial charge on any atom is -0.308 e. The predicted octanol–water partition coefficient (Wildman–Crippen LogP) is 2.02. The number of aromatic nitrogens is 1. The summed E-state index contributed by atoms with van der Waals surface area (Å²) in [5, 5.41) is 2.55. The van der Waals surface area contributed by atoms with E-state index in [0.29, 0.717) is 17.7 Å². The van der Waals surface area contributed by atoms with Crippen LogP contribution >= 0.6 is 11.3 Å². The first-order valence-electron chi connectivity index (χ1n) is 6.33. The molecule has 21 heavy (non-hydrogen) atoms. The topological polar surface area (TPSA) is 67.3 Å². The van der Waals surface area contributed by atoms with Crippen LogP contribution < -0.4 is 4.90 Å². The average Bonchev–Trinajstić information content (AvgIpc) is 3.06. The molecule has 2 heterocycles. The molecule has 0 aliphatic carbocycles. The minimum atomic E-state index is -2.67. The number of amides is 1. The molecule has 1 amide bonds. The largest absolute Gasteiger partial charge is 0.308 e. The second-order valence-corrected chi connectivity index (χ2v) is 6.39. The van der Waals surface area contributed by atoms with Crippen molar-refractivity contribution in [2.45, 2.75) is 11.8 Å². The normalized spacial score (nSPS) is 16.0. The highest BCUT2D eigenvalue weighted by atomic mass is 32.2. The Balaban J connectivity index is 2.20. The quantitative estimate of drug-likeness (QED) is 0.694. The van der Waals surface area contributed by atoms with Gasteiger partial charge >= 0.3 is 0 Å². The van der Waals surface area contributed by atoms with Crippen molar-refractivity contribution in [2.24, 2.45) is 0 Å². The number of benzene rings is 1. The maximum atomic E-state index is 12.5. The van der Waals surface area contributed by atoms with E-state index >= 15 is 0 Å². The van der Waals surface area contributed by atoms with Crippen molar-refractivity contribution >= 4 is 45.3 Å². The molecular formula is C14H12N2O3S2. The highest BCUT2D eigenvalue weighted by Crippen LogP contribution is 2.38. The lowest BCUT2D eigenvalue weighted by Crippen LogP contribution is -2.25. The van der Waals surface area contributed by atoms with Gasteiger partial charge in [0.1, 0.15) is 5.01 Å². The number of hydrogen-bond donors (Lipinski definition) is 1. The maximum Gasteiger partial charge on any atom is 0.259 e. The van der Waals surface area contributed by atoms with Gasteiger partial charge in [-0.1, -0.05) is 0 Å². The molecule has 3 rings (SSSR count). The molecule has 1 aromatic heterocycles. The Labute approximate surface area is 127 Å². The van der Waals surface area contributed by atoms with Gasteiger partial charge in [-0.25, -0.2) is 13.4 Å². The van der Waals surface area contributed by atoms with Crippen molar-refractivity contribution in [3.05, 3.63) is 40.3 Å². The van der Waals surface area contributed by atoms with Crippen LogP contribution in [-0.2, 0) is 15.5 Å². The molecule has 0 saturated carbocycles. The highest BCUT2D eigenvalue weighted by molar-refractivity contribution is 7.72. The Kier molecular flexibility index (Phi) is 3.60. The van der Waals surface area contributed by atoms with E-state index in [1.807, 2.05) is 12.3 Å². The van der Waals surface area contributed by atoms with Crippen LogP contribution in [0.3, 0.4) is 0 Å². The molecule has 0 spiro atoms. The monoisotopic (exact) mass is 320 g/mol. The molecule has 1 aromatic carbocycles. The molecule has 0 bridgehead atoms. The van der Waals surface area contributed by atoms with Crippen LogP contribution in [0.4, 0.5) is 5.69 Å². The Bertz CT molecular complexity index is 800. The summed E-state index contributed by atoms with van der Waals surface area (Å²) in [6, 6.07) is 4.75. The van der Waals surface area contributed by atoms with Gasteiger partial charge in [0, 0.05) is 23.7 Å². The van der Waals surface area contributed by atoms with Crippen LogP contribution in [-0.4, -0.2) is 25.9 Å².